The molecule has 1 N–H and O–H groups in total. The summed E-state index contributed by atoms with van der Waals surface area (Å²) in [6.45, 7) is 0. The maximum atomic E-state index is 12.3. The third-order valence-corrected chi connectivity index (χ3v) is 3.16. The fourth-order valence-corrected chi connectivity index (χ4v) is 2.00. The average Bonchev–Trinajstić information content (AvgIpc) is 3.13. The Morgan fingerprint density at radius 3 is 2.67 bits per heavy atom. The minimum absolute atomic E-state index is 0.131. The highest BCUT2D eigenvalue weighted by atomic mass is 16.5. The molecule has 0 radical (unpaired) electrons. The van der Waals surface area contributed by atoms with Gasteiger partial charge in [-0.25, -0.2) is 4.98 Å². The Balaban J connectivity index is 1.80. The lowest BCUT2D eigenvalue weighted by atomic mass is 10.1. The summed E-state index contributed by atoms with van der Waals surface area (Å²) in [4.78, 5) is 20.2. The van der Waals surface area contributed by atoms with E-state index in [1.54, 1.807) is 6.07 Å². The normalized spacial score (nSPS) is 10.2. The molecule has 1 aromatic carbocycles. The number of carbonyl (C=O) groups excluding carboxylic acids is 1. The predicted octanol–water partition coefficient (Wildman–Crippen LogP) is 2.40. The summed E-state index contributed by atoms with van der Waals surface area (Å²) in [5.74, 6) is 0.216. The fourth-order valence-electron chi connectivity index (χ4n) is 2.00. The largest absolute Gasteiger partial charge is 0.479 e. The summed E-state index contributed by atoms with van der Waals surface area (Å²) < 4.78 is 15.2. The number of benzene rings is 1. The maximum absolute atomic E-state index is 12.3. The quantitative estimate of drug-likeness (QED) is 0.768. The molecular formula is C16H14N4O4. The van der Waals surface area contributed by atoms with E-state index in [-0.39, 0.29) is 17.6 Å². The van der Waals surface area contributed by atoms with E-state index in [1.165, 1.54) is 20.4 Å². The van der Waals surface area contributed by atoms with E-state index in [2.05, 4.69) is 20.4 Å². The van der Waals surface area contributed by atoms with Crippen LogP contribution in [-0.2, 0) is 0 Å². The Bertz CT molecular complexity index is 848. The van der Waals surface area contributed by atoms with Crippen molar-refractivity contribution in [3.05, 3.63) is 48.3 Å². The summed E-state index contributed by atoms with van der Waals surface area (Å²) in [6, 6.07) is 11.1. The van der Waals surface area contributed by atoms with Crippen molar-refractivity contribution in [1.82, 2.24) is 15.1 Å². The topological polar surface area (TPSA) is 99.4 Å². The van der Waals surface area contributed by atoms with E-state index in [0.717, 1.165) is 5.56 Å². The van der Waals surface area contributed by atoms with Gasteiger partial charge in [0.1, 0.15) is 5.69 Å². The van der Waals surface area contributed by atoms with Gasteiger partial charge < -0.3 is 19.3 Å². The number of hydrogen-bond acceptors (Lipinski definition) is 7. The van der Waals surface area contributed by atoms with E-state index in [1.807, 2.05) is 30.3 Å². The molecular weight excluding hydrogens is 312 g/mol. The van der Waals surface area contributed by atoms with Crippen molar-refractivity contribution in [1.29, 1.82) is 0 Å². The highest BCUT2D eigenvalue weighted by Crippen LogP contribution is 2.24. The second kappa shape index (κ2) is 6.78. The van der Waals surface area contributed by atoms with Crippen LogP contribution in [0.4, 0.5) is 5.69 Å². The van der Waals surface area contributed by atoms with Gasteiger partial charge in [-0.15, -0.1) is 0 Å². The summed E-state index contributed by atoms with van der Waals surface area (Å²) in [5, 5.41) is 6.41. The SMILES string of the molecule is COc1ncc(NC(=O)c2cc(-c3ccccc3)on2)c(OC)n1. The van der Waals surface area contributed by atoms with Crippen molar-refractivity contribution in [2.24, 2.45) is 0 Å². The molecule has 0 spiro atoms. The molecule has 122 valence electrons. The molecule has 0 saturated heterocycles. The second-order valence-corrected chi connectivity index (χ2v) is 4.68. The number of nitrogens with zero attached hydrogens (tertiary/aromatic N) is 3. The number of methoxy groups -OCH3 is 2. The minimum atomic E-state index is -0.465. The van der Waals surface area contributed by atoms with Gasteiger partial charge in [0.15, 0.2) is 11.5 Å². The number of hydrogen-bond donors (Lipinski definition) is 1. The molecule has 8 heteroatoms. The fraction of sp³-hybridized carbons (Fsp3) is 0.125. The van der Waals surface area contributed by atoms with E-state index in [4.69, 9.17) is 14.0 Å². The highest BCUT2D eigenvalue weighted by Gasteiger charge is 2.17. The third kappa shape index (κ3) is 3.17. The van der Waals surface area contributed by atoms with E-state index < -0.39 is 5.91 Å². The van der Waals surface area contributed by atoms with Gasteiger partial charge in [0.05, 0.1) is 20.4 Å². The van der Waals surface area contributed by atoms with Crippen molar-refractivity contribution >= 4 is 11.6 Å². The highest BCUT2D eigenvalue weighted by molar-refractivity contribution is 6.03. The van der Waals surface area contributed by atoms with Crippen LogP contribution in [0.3, 0.4) is 0 Å². The minimum Gasteiger partial charge on any atom is -0.479 e. The van der Waals surface area contributed by atoms with Gasteiger partial charge in [-0.05, 0) is 0 Å². The van der Waals surface area contributed by atoms with Crippen LogP contribution < -0.4 is 14.8 Å². The first kappa shape index (κ1) is 15.5. The van der Waals surface area contributed by atoms with Crippen LogP contribution in [0.25, 0.3) is 11.3 Å². The number of amides is 1. The van der Waals surface area contributed by atoms with Crippen LogP contribution in [0, 0.1) is 0 Å². The zero-order valence-electron chi connectivity index (χ0n) is 13.0. The first-order valence-corrected chi connectivity index (χ1v) is 6.99. The van der Waals surface area contributed by atoms with Crippen molar-refractivity contribution in [2.75, 3.05) is 19.5 Å². The number of anilines is 1. The number of rotatable bonds is 5. The summed E-state index contributed by atoms with van der Waals surface area (Å²) in [7, 11) is 2.87. The third-order valence-electron chi connectivity index (χ3n) is 3.16. The number of nitrogens with one attached hydrogen (secondary N) is 1. The lowest BCUT2D eigenvalue weighted by Gasteiger charge is -2.08. The molecule has 3 rings (SSSR count). The maximum Gasteiger partial charge on any atom is 0.319 e. The summed E-state index contributed by atoms with van der Waals surface area (Å²) >= 11 is 0. The molecule has 2 aromatic heterocycles. The van der Waals surface area contributed by atoms with Gasteiger partial charge >= 0.3 is 6.01 Å². The van der Waals surface area contributed by atoms with Crippen LogP contribution in [0.15, 0.2) is 47.1 Å². The zero-order chi connectivity index (χ0) is 16.9. The van der Waals surface area contributed by atoms with E-state index in [9.17, 15) is 4.79 Å². The van der Waals surface area contributed by atoms with E-state index >= 15 is 0 Å². The lowest BCUT2D eigenvalue weighted by molar-refractivity contribution is 0.101. The molecule has 0 atom stereocenters. The monoisotopic (exact) mass is 326 g/mol. The summed E-state index contributed by atoms with van der Waals surface area (Å²) in [5.41, 5.74) is 1.26. The number of aromatic nitrogens is 3. The van der Waals surface area contributed by atoms with Gasteiger partial charge in [-0.1, -0.05) is 35.5 Å². The van der Waals surface area contributed by atoms with Crippen LogP contribution in [-0.4, -0.2) is 35.3 Å². The molecule has 0 fully saturated rings. The summed E-state index contributed by atoms with van der Waals surface area (Å²) in [6.07, 6.45) is 1.39. The smallest absolute Gasteiger partial charge is 0.319 e. The number of carbonyl (C=O) groups is 1. The molecule has 0 bridgehead atoms. The first-order valence-electron chi connectivity index (χ1n) is 6.99. The van der Waals surface area contributed by atoms with Crippen molar-refractivity contribution in [3.8, 4) is 23.2 Å². The van der Waals surface area contributed by atoms with Gasteiger partial charge in [-0.2, -0.15) is 4.98 Å². The number of ether oxygens (including phenoxy) is 2. The standard InChI is InChI=1S/C16H14N4O4/c1-22-15-12(9-17-16(19-15)23-2)18-14(21)11-8-13(24-20-11)10-6-4-3-5-7-10/h3-9H,1-2H3,(H,18,21). The predicted molar refractivity (Wildman–Crippen MR) is 85.0 cm³/mol. The van der Waals surface area contributed by atoms with Gasteiger partial charge in [0.2, 0.25) is 5.88 Å². The Labute approximate surface area is 137 Å². The molecule has 0 aliphatic rings. The van der Waals surface area contributed by atoms with Crippen LogP contribution in [0.5, 0.6) is 11.9 Å². The van der Waals surface area contributed by atoms with Gasteiger partial charge in [0, 0.05) is 11.6 Å². The molecule has 0 aliphatic carbocycles. The van der Waals surface area contributed by atoms with Crippen LogP contribution in [0.2, 0.25) is 0 Å². The van der Waals surface area contributed by atoms with E-state index in [0.29, 0.717) is 11.4 Å². The molecule has 0 saturated carbocycles. The Morgan fingerprint density at radius 2 is 1.96 bits per heavy atom. The second-order valence-electron chi connectivity index (χ2n) is 4.68. The molecule has 1 amide bonds. The van der Waals surface area contributed by atoms with Crippen molar-refractivity contribution in [3.63, 3.8) is 0 Å². The van der Waals surface area contributed by atoms with Gasteiger partial charge in [0.25, 0.3) is 5.91 Å². The van der Waals surface area contributed by atoms with Gasteiger partial charge in [-0.3, -0.25) is 4.79 Å². The average molecular weight is 326 g/mol. The lowest BCUT2D eigenvalue weighted by Crippen LogP contribution is -2.14. The zero-order valence-corrected chi connectivity index (χ0v) is 13.0. The molecule has 8 nitrogen and oxygen atoms in total. The van der Waals surface area contributed by atoms with Crippen LogP contribution >= 0.6 is 0 Å². The Morgan fingerprint density at radius 1 is 1.17 bits per heavy atom. The molecule has 3 aromatic rings. The molecule has 24 heavy (non-hydrogen) atoms. The van der Waals surface area contributed by atoms with Crippen LogP contribution in [0.1, 0.15) is 10.5 Å². The Kier molecular flexibility index (Phi) is 4.37. The molecule has 2 heterocycles. The van der Waals surface area contributed by atoms with Crippen molar-refractivity contribution in [2.45, 2.75) is 0 Å². The molecule has 0 aliphatic heterocycles. The first-order chi connectivity index (χ1) is 11.7. The van der Waals surface area contributed by atoms with Crippen molar-refractivity contribution < 1.29 is 18.8 Å². The molecule has 0 unspecified atom stereocenters. The Hall–Kier alpha value is -3.42.